The largest absolute Gasteiger partial charge is 0.460 e. The van der Waals surface area contributed by atoms with Crippen LogP contribution in [-0.4, -0.2) is 67.1 Å². The van der Waals surface area contributed by atoms with E-state index in [9.17, 15) is 58.3 Å². The van der Waals surface area contributed by atoms with Crippen LogP contribution < -0.4 is 5.32 Å². The van der Waals surface area contributed by atoms with Crippen molar-refractivity contribution in [3.05, 3.63) is 24.3 Å². The topological polar surface area (TPSA) is 90.9 Å². The molecule has 0 bridgehead atoms. The molecule has 0 aromatic heterocycles. The van der Waals surface area contributed by atoms with Gasteiger partial charge < -0.3 is 19.5 Å². The van der Waals surface area contributed by atoms with Gasteiger partial charge in [-0.25, -0.2) is 14.4 Å². The van der Waals surface area contributed by atoms with E-state index in [0.717, 1.165) is 6.92 Å². The SMILES string of the molecule is C=C(C)C(=O)OCC(C)(COC(=O)C(=C)C)NC(=O)OC(F)C(F)(F)C(F)(F)C(F)(F)C(F)(F)F. The monoisotopic (exact) mass is 535 g/mol. The molecule has 0 saturated heterocycles. The van der Waals surface area contributed by atoms with Crippen LogP contribution in [0, 0.1) is 0 Å². The highest BCUT2D eigenvalue weighted by atomic mass is 19.4. The molecule has 1 N–H and O–H groups in total. The van der Waals surface area contributed by atoms with Crippen LogP contribution in [0.3, 0.4) is 0 Å². The zero-order chi connectivity index (χ0) is 28.2. The Hall–Kier alpha value is -3.01. The zero-order valence-corrected chi connectivity index (χ0v) is 18.1. The summed E-state index contributed by atoms with van der Waals surface area (Å²) >= 11 is 0. The molecule has 7 nitrogen and oxygen atoms in total. The van der Waals surface area contributed by atoms with E-state index in [4.69, 9.17) is 0 Å². The van der Waals surface area contributed by atoms with Gasteiger partial charge in [-0.1, -0.05) is 13.2 Å². The van der Waals surface area contributed by atoms with Crippen molar-refractivity contribution in [1.29, 1.82) is 0 Å². The Kier molecular flexibility index (Phi) is 9.80. The molecule has 0 aromatic rings. The first-order valence-corrected chi connectivity index (χ1v) is 8.91. The summed E-state index contributed by atoms with van der Waals surface area (Å²) in [6, 6.07) is 0. The quantitative estimate of drug-likeness (QED) is 0.182. The predicted octanol–water partition coefficient (Wildman–Crippen LogP) is 4.47. The Morgan fingerprint density at radius 3 is 1.49 bits per heavy atom. The summed E-state index contributed by atoms with van der Waals surface area (Å²) in [6.45, 7) is 7.72. The van der Waals surface area contributed by atoms with E-state index in [1.165, 1.54) is 19.2 Å². The third-order valence-corrected chi connectivity index (χ3v) is 3.81. The lowest BCUT2D eigenvalue weighted by Crippen LogP contribution is -2.64. The minimum absolute atomic E-state index is 0.190. The van der Waals surface area contributed by atoms with Gasteiger partial charge in [0.25, 0.3) is 0 Å². The van der Waals surface area contributed by atoms with Gasteiger partial charge in [0.15, 0.2) is 0 Å². The third kappa shape index (κ3) is 7.48. The van der Waals surface area contributed by atoms with Gasteiger partial charge in [0.1, 0.15) is 18.8 Å². The third-order valence-electron chi connectivity index (χ3n) is 3.81. The molecule has 0 aliphatic rings. The fourth-order valence-corrected chi connectivity index (χ4v) is 1.78. The van der Waals surface area contributed by atoms with Gasteiger partial charge in [0.2, 0.25) is 0 Å². The highest BCUT2D eigenvalue weighted by Crippen LogP contribution is 2.54. The Labute approximate surface area is 191 Å². The van der Waals surface area contributed by atoms with E-state index in [-0.39, 0.29) is 11.1 Å². The lowest BCUT2D eigenvalue weighted by atomic mass is 10.0. The summed E-state index contributed by atoms with van der Waals surface area (Å²) in [5.74, 6) is -23.9. The Bertz CT molecular complexity index is 825. The van der Waals surface area contributed by atoms with Gasteiger partial charge in [-0.2, -0.15) is 43.9 Å². The van der Waals surface area contributed by atoms with Gasteiger partial charge in [0.05, 0.1) is 0 Å². The van der Waals surface area contributed by atoms with Crippen LogP contribution in [0.4, 0.5) is 48.7 Å². The van der Waals surface area contributed by atoms with Crippen LogP contribution in [0.25, 0.3) is 0 Å². The van der Waals surface area contributed by atoms with Crippen LogP contribution in [0.2, 0.25) is 0 Å². The second kappa shape index (κ2) is 10.7. The summed E-state index contributed by atoms with van der Waals surface area (Å²) in [6.07, 6.45) is -14.7. The number of amides is 1. The lowest BCUT2D eigenvalue weighted by molar-refractivity contribution is -0.412. The fourth-order valence-electron chi connectivity index (χ4n) is 1.78. The number of ether oxygens (including phenoxy) is 3. The molecule has 0 aliphatic carbocycles. The average Bonchev–Trinajstić information content (AvgIpc) is 2.68. The molecule has 0 aliphatic heterocycles. The van der Waals surface area contributed by atoms with Crippen LogP contribution >= 0.6 is 0 Å². The zero-order valence-electron chi connectivity index (χ0n) is 18.1. The molecular weight excluding hydrogens is 516 g/mol. The van der Waals surface area contributed by atoms with Crippen LogP contribution in [-0.2, 0) is 23.8 Å². The second-order valence-electron chi connectivity index (χ2n) is 7.39. The van der Waals surface area contributed by atoms with Crippen LogP contribution in [0.1, 0.15) is 20.8 Å². The fraction of sp³-hybridized carbons (Fsp3) is 0.611. The van der Waals surface area contributed by atoms with E-state index in [1.54, 1.807) is 0 Å². The van der Waals surface area contributed by atoms with Crippen LogP contribution in [0.5, 0.6) is 0 Å². The first kappa shape index (κ1) is 32.0. The number of alkyl halides is 10. The Morgan fingerprint density at radius 1 is 0.800 bits per heavy atom. The molecule has 202 valence electrons. The first-order valence-electron chi connectivity index (χ1n) is 8.91. The maximum atomic E-state index is 13.7. The van der Waals surface area contributed by atoms with Crippen molar-refractivity contribution in [2.75, 3.05) is 13.2 Å². The van der Waals surface area contributed by atoms with Crippen molar-refractivity contribution in [2.45, 2.75) is 56.6 Å². The minimum Gasteiger partial charge on any atom is -0.460 e. The van der Waals surface area contributed by atoms with Crippen molar-refractivity contribution in [3.63, 3.8) is 0 Å². The van der Waals surface area contributed by atoms with Gasteiger partial charge in [0, 0.05) is 11.1 Å². The van der Waals surface area contributed by atoms with E-state index in [1.807, 2.05) is 0 Å². The molecule has 0 aromatic carbocycles. The van der Waals surface area contributed by atoms with E-state index < -0.39 is 67.1 Å². The van der Waals surface area contributed by atoms with Crippen molar-refractivity contribution in [2.24, 2.45) is 0 Å². The van der Waals surface area contributed by atoms with Crippen molar-refractivity contribution in [3.8, 4) is 0 Å². The summed E-state index contributed by atoms with van der Waals surface area (Å²) in [5, 5.41) is 1.50. The maximum absolute atomic E-state index is 13.7. The minimum atomic E-state index is -7.42. The molecule has 35 heavy (non-hydrogen) atoms. The number of halogens is 10. The van der Waals surface area contributed by atoms with Gasteiger partial charge in [-0.05, 0) is 20.8 Å². The summed E-state index contributed by atoms with van der Waals surface area (Å²) in [4.78, 5) is 34.8. The predicted molar refractivity (Wildman–Crippen MR) is 95.4 cm³/mol. The number of alkyl carbamates (subject to hydrolysis) is 1. The molecule has 0 saturated carbocycles. The average molecular weight is 535 g/mol. The molecule has 0 fully saturated rings. The van der Waals surface area contributed by atoms with Gasteiger partial charge in [-0.15, -0.1) is 0 Å². The molecular formula is C18H19F10NO6. The Morgan fingerprint density at radius 2 is 1.17 bits per heavy atom. The summed E-state index contributed by atoms with van der Waals surface area (Å²) < 4.78 is 142. The highest BCUT2D eigenvalue weighted by Gasteiger charge is 2.84. The number of rotatable bonds is 11. The molecule has 17 heteroatoms. The number of nitrogens with one attached hydrogen (secondary N) is 1. The molecule has 1 atom stereocenters. The number of hydrogen-bond acceptors (Lipinski definition) is 6. The van der Waals surface area contributed by atoms with Gasteiger partial charge in [-0.3, -0.25) is 0 Å². The normalized spacial score (nSPS) is 14.0. The molecule has 1 unspecified atom stereocenters. The molecule has 1 amide bonds. The first-order chi connectivity index (χ1) is 15.4. The number of hydrogen-bond donors (Lipinski definition) is 1. The van der Waals surface area contributed by atoms with E-state index >= 15 is 0 Å². The van der Waals surface area contributed by atoms with E-state index in [2.05, 4.69) is 27.4 Å². The molecule has 0 radical (unpaired) electrons. The van der Waals surface area contributed by atoms with E-state index in [0.29, 0.717) is 0 Å². The maximum Gasteiger partial charge on any atom is 0.460 e. The van der Waals surface area contributed by atoms with Gasteiger partial charge >= 0.3 is 48.3 Å². The second-order valence-corrected chi connectivity index (χ2v) is 7.39. The lowest BCUT2D eigenvalue weighted by Gasteiger charge is -2.35. The smallest absolute Gasteiger partial charge is 0.460 e. The number of esters is 2. The standard InChI is InChI=1S/C18H19F10NO6/c1-8(2)10(30)33-6-14(5,7-34-11(31)9(3)4)29-13(32)35-12(19)15(20,21)16(22,23)17(24,25)18(26,27)28/h12H,1,3,6-7H2,2,4-5H3,(H,29,32). The summed E-state index contributed by atoms with van der Waals surface area (Å²) in [7, 11) is 0. The highest BCUT2D eigenvalue weighted by molar-refractivity contribution is 5.87. The number of carbonyl (C=O) groups excluding carboxylic acids is 3. The molecule has 0 heterocycles. The Balaban J connectivity index is 5.72. The number of carbonyl (C=O) groups is 3. The van der Waals surface area contributed by atoms with Crippen molar-refractivity contribution >= 4 is 18.0 Å². The molecule has 0 spiro atoms. The summed E-state index contributed by atoms with van der Waals surface area (Å²) in [5.41, 5.74) is -2.53. The van der Waals surface area contributed by atoms with Crippen molar-refractivity contribution in [1.82, 2.24) is 5.32 Å². The molecule has 0 rings (SSSR count). The van der Waals surface area contributed by atoms with Crippen LogP contribution in [0.15, 0.2) is 24.3 Å². The van der Waals surface area contributed by atoms with Crippen molar-refractivity contribution < 1.29 is 72.5 Å².